The summed E-state index contributed by atoms with van der Waals surface area (Å²) < 4.78 is 24.9. The molecule has 34 heavy (non-hydrogen) atoms. The smallest absolute Gasteiger partial charge is 0.255 e. The van der Waals surface area contributed by atoms with Crippen LogP contribution >= 0.6 is 0 Å². The van der Waals surface area contributed by atoms with Gasteiger partial charge in [-0.15, -0.1) is 0 Å². The van der Waals surface area contributed by atoms with Crippen LogP contribution in [0.3, 0.4) is 0 Å². The van der Waals surface area contributed by atoms with E-state index in [4.69, 9.17) is 9.47 Å². The van der Waals surface area contributed by atoms with Crippen molar-refractivity contribution >= 4 is 16.8 Å². The first-order chi connectivity index (χ1) is 16.5. The van der Waals surface area contributed by atoms with Gasteiger partial charge in [-0.3, -0.25) is 4.79 Å². The quantitative estimate of drug-likeness (QED) is 0.336. The van der Waals surface area contributed by atoms with Crippen molar-refractivity contribution in [1.82, 2.24) is 10.3 Å². The van der Waals surface area contributed by atoms with Gasteiger partial charge in [0.25, 0.3) is 5.91 Å². The Kier molecular flexibility index (Phi) is 7.13. The number of H-pyrrole nitrogens is 1. The van der Waals surface area contributed by atoms with Crippen molar-refractivity contribution in [3.8, 4) is 22.6 Å². The number of hydrogen-bond acceptors (Lipinski definition) is 4. The highest BCUT2D eigenvalue weighted by Gasteiger charge is 2.20. The number of methoxy groups -OCH3 is 1. The standard InChI is InChI=1S/C27H27FN2O4/c1-3-34-25-10-8-17(18-9-11-26(33-2)23(28)14-18)13-22(25)27(32)30-20(16-31)12-19-15-29-24-7-5-4-6-21(19)24/h4-11,13-15,20,29,31H,3,12,16H2,1-2H3,(H,30,32)/t20-/m1/s1. The molecule has 176 valence electrons. The number of ether oxygens (including phenoxy) is 2. The van der Waals surface area contributed by atoms with Gasteiger partial charge in [-0.25, -0.2) is 4.39 Å². The first kappa shape index (κ1) is 23.3. The summed E-state index contributed by atoms with van der Waals surface area (Å²) in [6.45, 7) is 2.00. The summed E-state index contributed by atoms with van der Waals surface area (Å²) >= 11 is 0. The Morgan fingerprint density at radius 1 is 1.09 bits per heavy atom. The highest BCUT2D eigenvalue weighted by atomic mass is 19.1. The van der Waals surface area contributed by atoms with Crippen LogP contribution in [-0.2, 0) is 6.42 Å². The van der Waals surface area contributed by atoms with Gasteiger partial charge < -0.3 is 24.9 Å². The SMILES string of the molecule is CCOc1ccc(-c2ccc(OC)c(F)c2)cc1C(=O)N[C@@H](CO)Cc1c[nH]c2ccccc12. The fourth-order valence-electron chi connectivity index (χ4n) is 4.00. The number of hydrogen-bond donors (Lipinski definition) is 3. The van der Waals surface area contributed by atoms with Crippen LogP contribution in [0.2, 0.25) is 0 Å². The molecule has 0 unspecified atom stereocenters. The molecule has 0 aliphatic rings. The summed E-state index contributed by atoms with van der Waals surface area (Å²) in [5.41, 5.74) is 3.58. The van der Waals surface area contributed by atoms with E-state index in [1.54, 1.807) is 30.3 Å². The molecule has 1 aromatic heterocycles. The van der Waals surface area contributed by atoms with Crippen LogP contribution in [0.25, 0.3) is 22.0 Å². The summed E-state index contributed by atoms with van der Waals surface area (Å²) in [7, 11) is 1.41. The van der Waals surface area contributed by atoms with Crippen LogP contribution in [0.1, 0.15) is 22.8 Å². The predicted octanol–water partition coefficient (Wildman–Crippen LogP) is 4.71. The van der Waals surface area contributed by atoms with E-state index in [9.17, 15) is 14.3 Å². The zero-order chi connectivity index (χ0) is 24.1. The number of nitrogens with one attached hydrogen (secondary N) is 2. The van der Waals surface area contributed by atoms with Crippen LogP contribution in [-0.4, -0.2) is 42.4 Å². The average Bonchev–Trinajstić information content (AvgIpc) is 3.26. The molecule has 0 saturated heterocycles. The summed E-state index contributed by atoms with van der Waals surface area (Å²) in [6, 6.07) is 17.2. The number of aliphatic hydroxyl groups is 1. The molecule has 0 aliphatic carbocycles. The van der Waals surface area contributed by atoms with E-state index in [-0.39, 0.29) is 18.3 Å². The number of carbonyl (C=O) groups is 1. The molecule has 0 fully saturated rings. The van der Waals surface area contributed by atoms with Crippen molar-refractivity contribution < 1.29 is 23.8 Å². The minimum Gasteiger partial charge on any atom is -0.494 e. The molecule has 3 aromatic carbocycles. The number of aliphatic hydroxyl groups excluding tert-OH is 1. The molecule has 1 heterocycles. The fraction of sp³-hybridized carbons (Fsp3) is 0.222. The van der Waals surface area contributed by atoms with Gasteiger partial charge in [0.1, 0.15) is 5.75 Å². The average molecular weight is 463 g/mol. The van der Waals surface area contributed by atoms with Gasteiger partial charge in [0.05, 0.1) is 31.9 Å². The normalized spacial score (nSPS) is 11.9. The maximum Gasteiger partial charge on any atom is 0.255 e. The zero-order valence-electron chi connectivity index (χ0n) is 19.1. The van der Waals surface area contributed by atoms with E-state index >= 15 is 0 Å². The van der Waals surface area contributed by atoms with Crippen molar-refractivity contribution in [1.29, 1.82) is 0 Å². The Balaban J connectivity index is 1.60. The lowest BCUT2D eigenvalue weighted by Crippen LogP contribution is -2.39. The number of amides is 1. The van der Waals surface area contributed by atoms with E-state index in [0.717, 1.165) is 16.5 Å². The third-order valence-electron chi connectivity index (χ3n) is 5.71. The minimum absolute atomic E-state index is 0.149. The van der Waals surface area contributed by atoms with Crippen LogP contribution < -0.4 is 14.8 Å². The van der Waals surface area contributed by atoms with Crippen molar-refractivity contribution in [3.05, 3.63) is 83.8 Å². The Morgan fingerprint density at radius 3 is 2.53 bits per heavy atom. The lowest BCUT2D eigenvalue weighted by Gasteiger charge is -2.18. The van der Waals surface area contributed by atoms with E-state index in [1.165, 1.54) is 13.2 Å². The third-order valence-corrected chi connectivity index (χ3v) is 5.71. The van der Waals surface area contributed by atoms with Gasteiger partial charge in [-0.2, -0.15) is 0 Å². The summed E-state index contributed by atoms with van der Waals surface area (Å²) in [6.07, 6.45) is 2.35. The number of benzene rings is 3. The zero-order valence-corrected chi connectivity index (χ0v) is 19.1. The van der Waals surface area contributed by atoms with Gasteiger partial charge in [-0.1, -0.05) is 30.3 Å². The van der Waals surface area contributed by atoms with Gasteiger partial charge in [0, 0.05) is 17.1 Å². The number of halogens is 1. The molecule has 6 nitrogen and oxygen atoms in total. The second-order valence-electron chi connectivity index (χ2n) is 7.91. The maximum absolute atomic E-state index is 14.2. The number of aromatic nitrogens is 1. The van der Waals surface area contributed by atoms with Crippen molar-refractivity contribution in [2.75, 3.05) is 20.3 Å². The van der Waals surface area contributed by atoms with Gasteiger partial charge in [0.2, 0.25) is 0 Å². The van der Waals surface area contributed by atoms with Gasteiger partial charge in [-0.05, 0) is 60.4 Å². The minimum atomic E-state index is -0.497. The highest BCUT2D eigenvalue weighted by Crippen LogP contribution is 2.30. The second-order valence-corrected chi connectivity index (χ2v) is 7.91. The van der Waals surface area contributed by atoms with E-state index in [1.807, 2.05) is 37.4 Å². The monoisotopic (exact) mass is 462 g/mol. The molecule has 4 rings (SSSR count). The Labute approximate surface area is 197 Å². The summed E-state index contributed by atoms with van der Waals surface area (Å²) in [5.74, 6) is -0.297. The molecule has 4 aromatic rings. The van der Waals surface area contributed by atoms with Crippen molar-refractivity contribution in [2.45, 2.75) is 19.4 Å². The molecule has 0 aliphatic heterocycles. The number of rotatable bonds is 9. The molecule has 3 N–H and O–H groups in total. The summed E-state index contributed by atoms with van der Waals surface area (Å²) in [5, 5.41) is 13.9. The Bertz CT molecular complexity index is 1300. The first-order valence-electron chi connectivity index (χ1n) is 11.1. The number of para-hydroxylation sites is 1. The molecule has 0 radical (unpaired) electrons. The lowest BCUT2D eigenvalue weighted by molar-refractivity contribution is 0.0913. The molecule has 0 bridgehead atoms. The highest BCUT2D eigenvalue weighted by molar-refractivity contribution is 5.98. The Hall–Kier alpha value is -3.84. The number of fused-ring (bicyclic) bond motifs is 1. The van der Waals surface area contributed by atoms with E-state index in [0.29, 0.717) is 35.5 Å². The third kappa shape index (κ3) is 4.89. The molecule has 0 saturated carbocycles. The van der Waals surface area contributed by atoms with Crippen molar-refractivity contribution in [2.24, 2.45) is 0 Å². The molecule has 7 heteroatoms. The molecule has 0 spiro atoms. The van der Waals surface area contributed by atoms with Crippen LogP contribution in [0.4, 0.5) is 4.39 Å². The van der Waals surface area contributed by atoms with Crippen LogP contribution in [0.5, 0.6) is 11.5 Å². The van der Waals surface area contributed by atoms with E-state index in [2.05, 4.69) is 10.3 Å². The van der Waals surface area contributed by atoms with E-state index < -0.39 is 11.9 Å². The van der Waals surface area contributed by atoms with Gasteiger partial charge >= 0.3 is 0 Å². The Morgan fingerprint density at radius 2 is 1.82 bits per heavy atom. The molecule has 1 amide bonds. The second kappa shape index (κ2) is 10.4. The molecule has 1 atom stereocenters. The number of aromatic amines is 1. The van der Waals surface area contributed by atoms with Crippen LogP contribution in [0, 0.1) is 5.82 Å². The lowest BCUT2D eigenvalue weighted by atomic mass is 10.0. The predicted molar refractivity (Wildman–Crippen MR) is 130 cm³/mol. The first-order valence-corrected chi connectivity index (χ1v) is 11.1. The van der Waals surface area contributed by atoms with Gasteiger partial charge in [0.15, 0.2) is 11.6 Å². The van der Waals surface area contributed by atoms with Crippen LogP contribution in [0.15, 0.2) is 66.9 Å². The number of carbonyl (C=O) groups excluding carboxylic acids is 1. The summed E-state index contributed by atoms with van der Waals surface area (Å²) in [4.78, 5) is 16.5. The molecular formula is C27H27FN2O4. The van der Waals surface area contributed by atoms with Crippen molar-refractivity contribution in [3.63, 3.8) is 0 Å². The maximum atomic E-state index is 14.2. The largest absolute Gasteiger partial charge is 0.494 e. The fourth-order valence-corrected chi connectivity index (χ4v) is 4.00. The topological polar surface area (TPSA) is 83.6 Å². The molecular weight excluding hydrogens is 435 g/mol.